The van der Waals surface area contributed by atoms with E-state index in [0.717, 1.165) is 25.3 Å². The lowest BCUT2D eigenvalue weighted by atomic mass is 9.89. The Morgan fingerprint density at radius 1 is 1.21 bits per heavy atom. The van der Waals surface area contributed by atoms with E-state index in [0.29, 0.717) is 5.56 Å². The fourth-order valence-corrected chi connectivity index (χ4v) is 1.87. The van der Waals surface area contributed by atoms with E-state index >= 15 is 0 Å². The highest BCUT2D eigenvalue weighted by molar-refractivity contribution is 5.27. The van der Waals surface area contributed by atoms with Crippen molar-refractivity contribution in [3.05, 3.63) is 47.5 Å². The largest absolute Gasteiger partial charge is 0.207 e. The Kier molecular flexibility index (Phi) is 2.62. The fraction of sp³-hybridized carbons (Fsp3) is 0.333. The second-order valence-electron chi connectivity index (χ2n) is 3.63. The van der Waals surface area contributed by atoms with Gasteiger partial charge in [0.2, 0.25) is 0 Å². The number of benzene rings is 1. The van der Waals surface area contributed by atoms with E-state index in [4.69, 9.17) is 0 Å². The van der Waals surface area contributed by atoms with Crippen molar-refractivity contribution in [3.8, 4) is 0 Å². The Labute approximate surface area is 82.3 Å². The summed E-state index contributed by atoms with van der Waals surface area (Å²) in [7, 11) is 0. The van der Waals surface area contributed by atoms with Crippen LogP contribution in [0.3, 0.4) is 0 Å². The van der Waals surface area contributed by atoms with Crippen LogP contribution in [0.15, 0.2) is 30.4 Å². The van der Waals surface area contributed by atoms with Crippen molar-refractivity contribution in [2.45, 2.75) is 25.2 Å². The van der Waals surface area contributed by atoms with E-state index in [9.17, 15) is 8.78 Å². The third kappa shape index (κ3) is 1.84. The van der Waals surface area contributed by atoms with Crippen LogP contribution in [0.5, 0.6) is 0 Å². The number of hydrogen-bond acceptors (Lipinski definition) is 0. The van der Waals surface area contributed by atoms with Crippen LogP contribution in [-0.2, 0) is 0 Å². The Hall–Kier alpha value is -1.18. The molecule has 0 bridgehead atoms. The molecule has 0 amide bonds. The van der Waals surface area contributed by atoms with Crippen LogP contribution >= 0.6 is 0 Å². The molecule has 2 heteroatoms. The molecule has 0 heterocycles. The summed E-state index contributed by atoms with van der Waals surface area (Å²) in [5.41, 5.74) is 0.613. The van der Waals surface area contributed by atoms with Crippen LogP contribution in [0.4, 0.5) is 8.78 Å². The van der Waals surface area contributed by atoms with Crippen LogP contribution in [0.25, 0.3) is 0 Å². The van der Waals surface area contributed by atoms with Gasteiger partial charge in [0.05, 0.1) is 0 Å². The van der Waals surface area contributed by atoms with Crippen molar-refractivity contribution in [2.24, 2.45) is 0 Å². The summed E-state index contributed by atoms with van der Waals surface area (Å²) in [6.07, 6.45) is 7.19. The van der Waals surface area contributed by atoms with E-state index < -0.39 is 11.6 Å². The van der Waals surface area contributed by atoms with Gasteiger partial charge in [-0.15, -0.1) is 0 Å². The Bertz CT molecular complexity index is 355. The van der Waals surface area contributed by atoms with Gasteiger partial charge in [-0.25, -0.2) is 8.78 Å². The molecule has 0 N–H and O–H groups in total. The molecule has 1 aromatic carbocycles. The normalized spacial score (nSPS) is 21.1. The topological polar surface area (TPSA) is 0 Å². The smallest absolute Gasteiger partial charge is 0.129 e. The highest BCUT2D eigenvalue weighted by Gasteiger charge is 2.15. The number of allylic oxidation sites excluding steroid dienone is 2. The summed E-state index contributed by atoms with van der Waals surface area (Å²) in [5, 5.41) is 0. The van der Waals surface area contributed by atoms with Crippen molar-refractivity contribution < 1.29 is 8.78 Å². The Balaban J connectivity index is 2.31. The molecule has 2 rings (SSSR count). The zero-order chi connectivity index (χ0) is 9.97. The Morgan fingerprint density at radius 3 is 2.71 bits per heavy atom. The zero-order valence-electron chi connectivity index (χ0n) is 7.84. The van der Waals surface area contributed by atoms with Crippen LogP contribution in [-0.4, -0.2) is 0 Å². The molecular formula is C12H12F2. The summed E-state index contributed by atoms with van der Waals surface area (Å²) in [4.78, 5) is 0. The number of halogens is 2. The van der Waals surface area contributed by atoms with Crippen LogP contribution < -0.4 is 0 Å². The molecule has 1 aromatic rings. The molecule has 0 saturated heterocycles. The van der Waals surface area contributed by atoms with Crippen molar-refractivity contribution in [3.63, 3.8) is 0 Å². The molecular weight excluding hydrogens is 182 g/mol. The highest BCUT2D eigenvalue weighted by Crippen LogP contribution is 2.29. The van der Waals surface area contributed by atoms with Gasteiger partial charge in [0.1, 0.15) is 11.6 Å². The number of rotatable bonds is 1. The molecule has 1 atom stereocenters. The van der Waals surface area contributed by atoms with Gasteiger partial charge < -0.3 is 0 Å². The van der Waals surface area contributed by atoms with Gasteiger partial charge in [0.25, 0.3) is 0 Å². The molecule has 14 heavy (non-hydrogen) atoms. The quantitative estimate of drug-likeness (QED) is 0.597. The molecule has 0 unspecified atom stereocenters. The minimum Gasteiger partial charge on any atom is -0.207 e. The van der Waals surface area contributed by atoms with Crippen molar-refractivity contribution in [1.82, 2.24) is 0 Å². The molecule has 0 nitrogen and oxygen atoms in total. The Morgan fingerprint density at radius 2 is 2.07 bits per heavy atom. The molecule has 1 aliphatic carbocycles. The van der Waals surface area contributed by atoms with E-state index in [1.165, 1.54) is 6.07 Å². The first-order valence-electron chi connectivity index (χ1n) is 4.89. The summed E-state index contributed by atoms with van der Waals surface area (Å²) in [6.45, 7) is 0. The summed E-state index contributed by atoms with van der Waals surface area (Å²) >= 11 is 0. The molecule has 0 aromatic heterocycles. The maximum atomic E-state index is 13.4. The van der Waals surface area contributed by atoms with E-state index in [1.54, 1.807) is 6.07 Å². The van der Waals surface area contributed by atoms with Crippen molar-refractivity contribution >= 4 is 0 Å². The SMILES string of the molecule is Fc1ccc([C@@H]2C=CCCC2)c(F)c1. The molecule has 74 valence electrons. The van der Waals surface area contributed by atoms with Crippen LogP contribution in [0.1, 0.15) is 30.7 Å². The van der Waals surface area contributed by atoms with Gasteiger partial charge in [-0.1, -0.05) is 18.2 Å². The van der Waals surface area contributed by atoms with E-state index in [1.807, 2.05) is 6.08 Å². The van der Waals surface area contributed by atoms with Crippen molar-refractivity contribution in [1.29, 1.82) is 0 Å². The maximum absolute atomic E-state index is 13.4. The van der Waals surface area contributed by atoms with Gasteiger partial charge in [0, 0.05) is 12.0 Å². The fourth-order valence-electron chi connectivity index (χ4n) is 1.87. The average Bonchev–Trinajstić information content (AvgIpc) is 2.19. The van der Waals surface area contributed by atoms with Crippen molar-refractivity contribution in [2.75, 3.05) is 0 Å². The molecule has 0 fully saturated rings. The van der Waals surface area contributed by atoms with Gasteiger partial charge in [0.15, 0.2) is 0 Å². The second-order valence-corrected chi connectivity index (χ2v) is 3.63. The highest BCUT2D eigenvalue weighted by atomic mass is 19.1. The van der Waals surface area contributed by atoms with Crippen LogP contribution in [0.2, 0.25) is 0 Å². The summed E-state index contributed by atoms with van der Waals surface area (Å²) in [5.74, 6) is -0.808. The summed E-state index contributed by atoms with van der Waals surface area (Å²) in [6, 6.07) is 3.82. The predicted molar refractivity (Wildman–Crippen MR) is 52.1 cm³/mol. The standard InChI is InChI=1S/C12H12F2/c13-10-6-7-11(12(14)8-10)9-4-2-1-3-5-9/h2,4,6-9H,1,3,5H2/t9-/m1/s1. The third-order valence-corrected chi connectivity index (χ3v) is 2.62. The van der Waals surface area contributed by atoms with E-state index in [2.05, 4.69) is 6.08 Å². The van der Waals surface area contributed by atoms with Gasteiger partial charge >= 0.3 is 0 Å². The molecule has 0 saturated carbocycles. The molecule has 0 aliphatic heterocycles. The lowest BCUT2D eigenvalue weighted by Gasteiger charge is -2.17. The first-order chi connectivity index (χ1) is 6.77. The average molecular weight is 194 g/mol. The first kappa shape index (κ1) is 9.38. The van der Waals surface area contributed by atoms with Gasteiger partial charge in [-0.3, -0.25) is 0 Å². The first-order valence-corrected chi connectivity index (χ1v) is 4.89. The minimum absolute atomic E-state index is 0.129. The third-order valence-electron chi connectivity index (χ3n) is 2.62. The lowest BCUT2D eigenvalue weighted by Crippen LogP contribution is -2.02. The lowest BCUT2D eigenvalue weighted by molar-refractivity contribution is 0.552. The van der Waals surface area contributed by atoms with Gasteiger partial charge in [-0.05, 0) is 30.9 Å². The number of hydrogen-bond donors (Lipinski definition) is 0. The van der Waals surface area contributed by atoms with Gasteiger partial charge in [-0.2, -0.15) is 0 Å². The minimum atomic E-state index is -0.508. The van der Waals surface area contributed by atoms with E-state index in [-0.39, 0.29) is 5.92 Å². The molecule has 0 radical (unpaired) electrons. The summed E-state index contributed by atoms with van der Waals surface area (Å²) < 4.78 is 26.0. The molecule has 0 spiro atoms. The monoisotopic (exact) mass is 194 g/mol. The zero-order valence-corrected chi connectivity index (χ0v) is 7.84. The predicted octanol–water partition coefficient (Wildman–Crippen LogP) is 3.79. The second kappa shape index (κ2) is 3.91. The molecule has 1 aliphatic rings. The van der Waals surface area contributed by atoms with Crippen LogP contribution in [0, 0.1) is 11.6 Å². The maximum Gasteiger partial charge on any atom is 0.129 e.